The van der Waals surface area contributed by atoms with Crippen LogP contribution in [0.2, 0.25) is 0 Å². The second-order valence-corrected chi connectivity index (χ2v) is 5.68. The minimum atomic E-state index is -0.685. The number of carboxylic acids is 1. The van der Waals surface area contributed by atoms with Gasteiger partial charge in [0.15, 0.2) is 0 Å². The number of aliphatic carboxylic acids is 1. The molecule has 0 atom stereocenters. The molecular weight excluding hydrogens is 202 g/mol. The lowest BCUT2D eigenvalue weighted by molar-refractivity contribution is -0.147. The molecule has 3 nitrogen and oxygen atoms in total. The fourth-order valence-corrected chi connectivity index (χ4v) is 1.82. The Morgan fingerprint density at radius 1 is 1.38 bits per heavy atom. The van der Waals surface area contributed by atoms with Crippen LogP contribution in [0.1, 0.15) is 46.5 Å². The van der Waals surface area contributed by atoms with E-state index >= 15 is 0 Å². The molecule has 1 N–H and O–H groups in total. The van der Waals surface area contributed by atoms with Crippen molar-refractivity contribution in [3.8, 4) is 0 Å². The Bertz CT molecular complexity index is 234. The maximum atomic E-state index is 11.0. The molecule has 3 heteroatoms. The highest BCUT2D eigenvalue weighted by Crippen LogP contribution is 2.30. The van der Waals surface area contributed by atoms with Gasteiger partial charge in [0.25, 0.3) is 0 Å². The average molecular weight is 227 g/mol. The summed E-state index contributed by atoms with van der Waals surface area (Å²) in [6, 6.07) is 0. The number of carbonyl (C=O) groups is 1. The van der Waals surface area contributed by atoms with Crippen molar-refractivity contribution < 1.29 is 9.90 Å². The van der Waals surface area contributed by atoms with Gasteiger partial charge in [0.2, 0.25) is 0 Å². The van der Waals surface area contributed by atoms with E-state index in [9.17, 15) is 4.79 Å². The van der Waals surface area contributed by atoms with Crippen molar-refractivity contribution in [1.29, 1.82) is 0 Å². The highest BCUT2D eigenvalue weighted by atomic mass is 16.4. The summed E-state index contributed by atoms with van der Waals surface area (Å²) in [7, 11) is 0. The van der Waals surface area contributed by atoms with Gasteiger partial charge in [-0.2, -0.15) is 0 Å². The number of hydrogen-bond donors (Lipinski definition) is 1. The zero-order chi connectivity index (χ0) is 12.2. The Labute approximate surface area is 98.8 Å². The standard InChI is InChI=1S/C13H25NO2/c1-4-8-14(10-11-5-6-11)9-7-13(2,3)12(15)16/h11H,4-10H2,1-3H3,(H,15,16). The minimum Gasteiger partial charge on any atom is -0.481 e. The SMILES string of the molecule is CCCN(CCC(C)(C)C(=O)O)CC1CC1. The van der Waals surface area contributed by atoms with Crippen molar-refractivity contribution in [3.63, 3.8) is 0 Å². The zero-order valence-electron chi connectivity index (χ0n) is 10.8. The quantitative estimate of drug-likeness (QED) is 0.693. The van der Waals surface area contributed by atoms with E-state index in [0.717, 1.165) is 31.8 Å². The molecule has 1 aliphatic rings. The highest BCUT2D eigenvalue weighted by molar-refractivity contribution is 5.73. The van der Waals surface area contributed by atoms with Crippen LogP contribution in [-0.2, 0) is 4.79 Å². The third-order valence-electron chi connectivity index (χ3n) is 3.39. The first kappa shape index (κ1) is 13.5. The molecule has 1 saturated carbocycles. The number of nitrogens with zero attached hydrogens (tertiary/aromatic N) is 1. The summed E-state index contributed by atoms with van der Waals surface area (Å²) >= 11 is 0. The largest absolute Gasteiger partial charge is 0.481 e. The lowest BCUT2D eigenvalue weighted by Gasteiger charge is -2.26. The smallest absolute Gasteiger partial charge is 0.309 e. The van der Waals surface area contributed by atoms with Gasteiger partial charge in [-0.05, 0) is 58.5 Å². The Morgan fingerprint density at radius 2 is 2.00 bits per heavy atom. The molecule has 94 valence electrons. The molecule has 1 aliphatic carbocycles. The monoisotopic (exact) mass is 227 g/mol. The highest BCUT2D eigenvalue weighted by Gasteiger charge is 2.29. The van der Waals surface area contributed by atoms with E-state index in [-0.39, 0.29) is 0 Å². The van der Waals surface area contributed by atoms with Crippen LogP contribution in [0.3, 0.4) is 0 Å². The van der Waals surface area contributed by atoms with E-state index in [1.54, 1.807) is 0 Å². The van der Waals surface area contributed by atoms with Crippen LogP contribution in [0, 0.1) is 11.3 Å². The van der Waals surface area contributed by atoms with Crippen molar-refractivity contribution in [2.75, 3.05) is 19.6 Å². The van der Waals surface area contributed by atoms with Gasteiger partial charge in [-0.25, -0.2) is 0 Å². The molecule has 0 radical (unpaired) electrons. The van der Waals surface area contributed by atoms with Gasteiger partial charge < -0.3 is 10.0 Å². The Morgan fingerprint density at radius 3 is 2.44 bits per heavy atom. The number of carboxylic acid groups (broad SMARTS) is 1. The van der Waals surface area contributed by atoms with Crippen molar-refractivity contribution in [3.05, 3.63) is 0 Å². The first-order chi connectivity index (χ1) is 7.45. The number of rotatable bonds is 8. The normalized spacial score (nSPS) is 16.8. The molecule has 0 aromatic heterocycles. The summed E-state index contributed by atoms with van der Waals surface area (Å²) in [5, 5.41) is 9.06. The topological polar surface area (TPSA) is 40.5 Å². The Hall–Kier alpha value is -0.570. The second-order valence-electron chi connectivity index (χ2n) is 5.68. The lowest BCUT2D eigenvalue weighted by atomic mass is 9.89. The van der Waals surface area contributed by atoms with Gasteiger partial charge in [0.1, 0.15) is 0 Å². The summed E-state index contributed by atoms with van der Waals surface area (Å²) in [6.07, 6.45) is 4.63. The summed E-state index contributed by atoms with van der Waals surface area (Å²) < 4.78 is 0. The molecule has 1 fully saturated rings. The van der Waals surface area contributed by atoms with Gasteiger partial charge in [-0.1, -0.05) is 6.92 Å². The second kappa shape index (κ2) is 5.67. The predicted molar refractivity (Wildman–Crippen MR) is 65.5 cm³/mol. The van der Waals surface area contributed by atoms with Gasteiger partial charge in [0, 0.05) is 6.54 Å². The minimum absolute atomic E-state index is 0.588. The van der Waals surface area contributed by atoms with E-state index in [4.69, 9.17) is 5.11 Å². The maximum absolute atomic E-state index is 11.0. The Kier molecular flexibility index (Phi) is 4.78. The summed E-state index contributed by atoms with van der Waals surface area (Å²) in [4.78, 5) is 13.4. The fraction of sp³-hybridized carbons (Fsp3) is 0.923. The van der Waals surface area contributed by atoms with Crippen LogP contribution in [0.5, 0.6) is 0 Å². The molecule has 0 aromatic rings. The van der Waals surface area contributed by atoms with Crippen LogP contribution in [0.15, 0.2) is 0 Å². The third kappa shape index (κ3) is 4.52. The molecule has 0 unspecified atom stereocenters. The first-order valence-electron chi connectivity index (χ1n) is 6.41. The molecule has 0 aliphatic heterocycles. The average Bonchev–Trinajstić information content (AvgIpc) is 2.98. The van der Waals surface area contributed by atoms with Gasteiger partial charge >= 0.3 is 5.97 Å². The van der Waals surface area contributed by atoms with E-state index in [1.807, 2.05) is 13.8 Å². The van der Waals surface area contributed by atoms with Crippen LogP contribution >= 0.6 is 0 Å². The van der Waals surface area contributed by atoms with Crippen molar-refractivity contribution in [2.24, 2.45) is 11.3 Å². The number of hydrogen-bond acceptors (Lipinski definition) is 2. The van der Waals surface area contributed by atoms with Crippen molar-refractivity contribution in [2.45, 2.75) is 46.5 Å². The molecule has 1 rings (SSSR count). The van der Waals surface area contributed by atoms with Gasteiger partial charge in [-0.15, -0.1) is 0 Å². The van der Waals surface area contributed by atoms with E-state index < -0.39 is 11.4 Å². The fourth-order valence-electron chi connectivity index (χ4n) is 1.82. The van der Waals surface area contributed by atoms with Gasteiger partial charge in [0.05, 0.1) is 5.41 Å². The van der Waals surface area contributed by atoms with Crippen LogP contribution in [0.4, 0.5) is 0 Å². The molecule has 0 aromatic carbocycles. The molecule has 0 amide bonds. The molecule has 0 bridgehead atoms. The van der Waals surface area contributed by atoms with Crippen molar-refractivity contribution >= 4 is 5.97 Å². The van der Waals surface area contributed by atoms with Crippen molar-refractivity contribution in [1.82, 2.24) is 4.90 Å². The van der Waals surface area contributed by atoms with Crippen LogP contribution in [0.25, 0.3) is 0 Å². The van der Waals surface area contributed by atoms with Gasteiger partial charge in [-0.3, -0.25) is 4.79 Å². The third-order valence-corrected chi connectivity index (χ3v) is 3.39. The molecule has 0 spiro atoms. The van der Waals surface area contributed by atoms with Crippen LogP contribution < -0.4 is 0 Å². The molecule has 16 heavy (non-hydrogen) atoms. The maximum Gasteiger partial charge on any atom is 0.309 e. The van der Waals surface area contributed by atoms with Crippen LogP contribution in [-0.4, -0.2) is 35.6 Å². The summed E-state index contributed by atoms with van der Waals surface area (Å²) in [5.74, 6) is 0.204. The lowest BCUT2D eigenvalue weighted by Crippen LogP contribution is -2.33. The molecular formula is C13H25NO2. The summed E-state index contributed by atoms with van der Waals surface area (Å²) in [5.41, 5.74) is -0.588. The van der Waals surface area contributed by atoms with E-state index in [1.165, 1.54) is 19.4 Å². The first-order valence-corrected chi connectivity index (χ1v) is 6.41. The summed E-state index contributed by atoms with van der Waals surface area (Å²) in [6.45, 7) is 9.01. The van der Waals surface area contributed by atoms with E-state index in [0.29, 0.717) is 0 Å². The molecule has 0 saturated heterocycles. The van der Waals surface area contributed by atoms with E-state index in [2.05, 4.69) is 11.8 Å². The predicted octanol–water partition coefficient (Wildman–Crippen LogP) is 2.61. The Balaban J connectivity index is 2.32. The molecule has 0 heterocycles. The zero-order valence-corrected chi connectivity index (χ0v) is 10.8.